The van der Waals surface area contributed by atoms with Crippen molar-refractivity contribution in [2.24, 2.45) is 5.92 Å². The summed E-state index contributed by atoms with van der Waals surface area (Å²) in [7, 11) is 2.30. The number of rotatable bonds is 15. The van der Waals surface area contributed by atoms with Gasteiger partial charge in [-0.1, -0.05) is 77.0 Å². The first-order chi connectivity index (χ1) is 16.2. The fraction of sp³-hybridized carbons (Fsp3) is 0.742. The Hall–Kier alpha value is -1.28. The Bertz CT molecular complexity index is 709. The van der Waals surface area contributed by atoms with Crippen LogP contribution < -0.4 is 4.90 Å². The van der Waals surface area contributed by atoms with Gasteiger partial charge in [0, 0.05) is 24.3 Å². The summed E-state index contributed by atoms with van der Waals surface area (Å²) < 4.78 is 0. The van der Waals surface area contributed by atoms with Gasteiger partial charge in [-0.2, -0.15) is 0 Å². The van der Waals surface area contributed by atoms with Crippen LogP contribution in [0.25, 0.3) is 5.57 Å². The average molecular weight is 453 g/mol. The summed E-state index contributed by atoms with van der Waals surface area (Å²) in [6, 6.07) is 9.69. The zero-order valence-corrected chi connectivity index (χ0v) is 22.4. The van der Waals surface area contributed by atoms with Crippen LogP contribution in [0.15, 0.2) is 29.8 Å². The number of para-hydroxylation sites is 1. The van der Waals surface area contributed by atoms with Crippen LogP contribution in [-0.4, -0.2) is 37.6 Å². The van der Waals surface area contributed by atoms with Gasteiger partial charge >= 0.3 is 0 Å². The van der Waals surface area contributed by atoms with Gasteiger partial charge in [0.2, 0.25) is 0 Å². The molecule has 1 unspecified atom stereocenters. The minimum atomic E-state index is 0.529. The second kappa shape index (κ2) is 14.2. The van der Waals surface area contributed by atoms with E-state index in [9.17, 15) is 0 Å². The van der Waals surface area contributed by atoms with Gasteiger partial charge in [-0.3, -0.25) is 0 Å². The van der Waals surface area contributed by atoms with Crippen molar-refractivity contribution in [1.82, 2.24) is 4.90 Å². The van der Waals surface area contributed by atoms with Gasteiger partial charge in [-0.15, -0.1) is 0 Å². The summed E-state index contributed by atoms with van der Waals surface area (Å²) >= 11 is 0. The Balaban J connectivity index is 1.61. The molecule has 1 atom stereocenters. The highest BCUT2D eigenvalue weighted by molar-refractivity contribution is 5.83. The molecular formula is C31H52N2. The number of benzene rings is 1. The third-order valence-corrected chi connectivity index (χ3v) is 8.35. The lowest BCUT2D eigenvalue weighted by Gasteiger charge is -2.38. The van der Waals surface area contributed by atoms with Crippen molar-refractivity contribution in [2.75, 3.05) is 31.6 Å². The Labute approximate surface area is 205 Å². The quantitative estimate of drug-likeness (QED) is 0.245. The van der Waals surface area contributed by atoms with Gasteiger partial charge in [0.25, 0.3) is 0 Å². The van der Waals surface area contributed by atoms with E-state index in [1.54, 1.807) is 11.1 Å². The van der Waals surface area contributed by atoms with Crippen LogP contribution in [0.3, 0.4) is 0 Å². The van der Waals surface area contributed by atoms with E-state index in [1.807, 2.05) is 0 Å². The highest BCUT2D eigenvalue weighted by Crippen LogP contribution is 2.41. The van der Waals surface area contributed by atoms with Crippen molar-refractivity contribution < 1.29 is 0 Å². The van der Waals surface area contributed by atoms with Crippen molar-refractivity contribution in [3.8, 4) is 0 Å². The molecule has 0 saturated heterocycles. The maximum atomic E-state index is 2.67. The van der Waals surface area contributed by atoms with E-state index in [-0.39, 0.29) is 0 Å². The number of hydrogen-bond acceptors (Lipinski definition) is 2. The normalized spacial score (nSPS) is 19.1. The fourth-order valence-electron chi connectivity index (χ4n) is 6.39. The van der Waals surface area contributed by atoms with E-state index in [0.717, 1.165) is 5.92 Å². The van der Waals surface area contributed by atoms with Crippen LogP contribution >= 0.6 is 0 Å². The summed E-state index contributed by atoms with van der Waals surface area (Å²) in [5.74, 6) is 1.05. The van der Waals surface area contributed by atoms with Gasteiger partial charge in [-0.25, -0.2) is 0 Å². The molecule has 2 aliphatic rings. The molecule has 1 fully saturated rings. The SMILES string of the molecule is CCCN(CCC)CCCCC1=C(CCCCCC2CCCC2)C(C)N(C)c2ccccc21. The second-order valence-corrected chi connectivity index (χ2v) is 10.9. The monoisotopic (exact) mass is 452 g/mol. The molecule has 0 N–H and O–H groups in total. The molecule has 1 saturated carbocycles. The minimum absolute atomic E-state index is 0.529. The molecule has 1 aliphatic heterocycles. The van der Waals surface area contributed by atoms with Crippen molar-refractivity contribution in [2.45, 2.75) is 117 Å². The highest BCUT2D eigenvalue weighted by Gasteiger charge is 2.27. The van der Waals surface area contributed by atoms with Gasteiger partial charge < -0.3 is 9.80 Å². The van der Waals surface area contributed by atoms with Gasteiger partial charge in [0.1, 0.15) is 0 Å². The van der Waals surface area contributed by atoms with Crippen molar-refractivity contribution in [1.29, 1.82) is 0 Å². The van der Waals surface area contributed by atoms with E-state index in [1.165, 1.54) is 121 Å². The predicted octanol–water partition coefficient (Wildman–Crippen LogP) is 8.71. The van der Waals surface area contributed by atoms with Crippen LogP contribution in [0.5, 0.6) is 0 Å². The third-order valence-electron chi connectivity index (χ3n) is 8.35. The lowest BCUT2D eigenvalue weighted by Crippen LogP contribution is -2.35. The molecule has 0 amide bonds. The van der Waals surface area contributed by atoms with Gasteiger partial charge in [-0.05, 0) is 94.6 Å². The van der Waals surface area contributed by atoms with Crippen LogP contribution in [0, 0.1) is 5.92 Å². The molecule has 0 spiro atoms. The van der Waals surface area contributed by atoms with E-state index < -0.39 is 0 Å². The minimum Gasteiger partial charge on any atom is -0.368 e. The van der Waals surface area contributed by atoms with Crippen molar-refractivity contribution in [3.63, 3.8) is 0 Å². The van der Waals surface area contributed by atoms with E-state index >= 15 is 0 Å². The zero-order valence-electron chi connectivity index (χ0n) is 22.4. The van der Waals surface area contributed by atoms with Crippen molar-refractivity contribution in [3.05, 3.63) is 35.4 Å². The maximum Gasteiger partial charge on any atom is 0.0476 e. The highest BCUT2D eigenvalue weighted by atomic mass is 15.1. The summed E-state index contributed by atoms with van der Waals surface area (Å²) in [6.07, 6.45) is 19.4. The molecule has 1 aliphatic carbocycles. The maximum absolute atomic E-state index is 2.67. The average Bonchev–Trinajstić information content (AvgIpc) is 3.34. The molecule has 2 nitrogen and oxygen atoms in total. The Kier molecular flexibility index (Phi) is 11.3. The molecule has 0 aromatic heterocycles. The lowest BCUT2D eigenvalue weighted by atomic mass is 9.83. The molecule has 2 heteroatoms. The van der Waals surface area contributed by atoms with E-state index in [0.29, 0.717) is 6.04 Å². The first-order valence-electron chi connectivity index (χ1n) is 14.4. The predicted molar refractivity (Wildman–Crippen MR) is 147 cm³/mol. The molecule has 0 radical (unpaired) electrons. The molecule has 1 heterocycles. The fourth-order valence-corrected chi connectivity index (χ4v) is 6.39. The van der Waals surface area contributed by atoms with Crippen molar-refractivity contribution >= 4 is 11.3 Å². The number of anilines is 1. The Morgan fingerprint density at radius 2 is 1.55 bits per heavy atom. The van der Waals surface area contributed by atoms with Crippen LogP contribution in [0.2, 0.25) is 0 Å². The summed E-state index contributed by atoms with van der Waals surface area (Å²) in [6.45, 7) is 10.8. The number of nitrogens with zero attached hydrogens (tertiary/aromatic N) is 2. The standard InChI is InChI=1S/C31H52N2/c1-5-23-33(24-6-2)25-15-14-20-29-28(19-9-7-8-16-27-17-10-11-18-27)26(3)32(4)31-22-13-12-21-30(29)31/h12-13,21-22,26-27H,5-11,14-20,23-25H2,1-4H3. The van der Waals surface area contributed by atoms with Crippen LogP contribution in [0.4, 0.5) is 5.69 Å². The topological polar surface area (TPSA) is 6.48 Å². The molecule has 1 aromatic carbocycles. The molecule has 33 heavy (non-hydrogen) atoms. The number of likely N-dealkylation sites (N-methyl/N-ethyl adjacent to an activating group) is 1. The molecule has 0 bridgehead atoms. The van der Waals surface area contributed by atoms with Gasteiger partial charge in [0.05, 0.1) is 0 Å². The largest absolute Gasteiger partial charge is 0.368 e. The van der Waals surface area contributed by atoms with E-state index in [2.05, 4.69) is 61.9 Å². The number of hydrogen-bond donors (Lipinski definition) is 0. The van der Waals surface area contributed by atoms with E-state index in [4.69, 9.17) is 0 Å². The Morgan fingerprint density at radius 3 is 2.27 bits per heavy atom. The van der Waals surface area contributed by atoms with Crippen LogP contribution in [-0.2, 0) is 0 Å². The summed E-state index contributed by atoms with van der Waals surface area (Å²) in [4.78, 5) is 5.20. The summed E-state index contributed by atoms with van der Waals surface area (Å²) in [5.41, 5.74) is 6.36. The number of fused-ring (bicyclic) bond motifs is 1. The first kappa shape index (κ1) is 26.3. The zero-order chi connectivity index (χ0) is 23.5. The lowest BCUT2D eigenvalue weighted by molar-refractivity contribution is 0.269. The second-order valence-electron chi connectivity index (χ2n) is 10.9. The molecule has 186 valence electrons. The molecular weight excluding hydrogens is 400 g/mol. The number of allylic oxidation sites excluding steroid dienone is 1. The Morgan fingerprint density at radius 1 is 0.848 bits per heavy atom. The van der Waals surface area contributed by atoms with Crippen LogP contribution in [0.1, 0.15) is 116 Å². The molecule has 3 rings (SSSR count). The third kappa shape index (κ3) is 7.61. The summed E-state index contributed by atoms with van der Waals surface area (Å²) in [5, 5.41) is 0. The van der Waals surface area contributed by atoms with Gasteiger partial charge in [0.15, 0.2) is 0 Å². The smallest absolute Gasteiger partial charge is 0.0476 e. The first-order valence-corrected chi connectivity index (χ1v) is 14.4. The number of unbranched alkanes of at least 4 members (excludes halogenated alkanes) is 3. The molecule has 1 aromatic rings.